The van der Waals surface area contributed by atoms with Crippen molar-refractivity contribution >= 4 is 0 Å². The predicted octanol–water partition coefficient (Wildman–Crippen LogP) is 3.44. The number of hydrogen-bond donors (Lipinski definition) is 1. The first-order valence-electron chi connectivity index (χ1n) is 6.27. The Kier molecular flexibility index (Phi) is 4.17. The van der Waals surface area contributed by atoms with Gasteiger partial charge in [0, 0.05) is 13.1 Å². The molecule has 0 heterocycles. The zero-order valence-electron chi connectivity index (χ0n) is 10.1. The monoisotopic (exact) mass is 215 g/mol. The molecule has 0 radical (unpaired) electrons. The average Bonchev–Trinajstić information content (AvgIpc) is 2.33. The summed E-state index contributed by atoms with van der Waals surface area (Å²) in [7, 11) is 0. The average molecular weight is 215 g/mol. The second kappa shape index (κ2) is 5.86. The van der Waals surface area contributed by atoms with Gasteiger partial charge in [0.1, 0.15) is 0 Å². The summed E-state index contributed by atoms with van der Waals surface area (Å²) < 4.78 is 0. The van der Waals surface area contributed by atoms with Crippen molar-refractivity contribution in [2.45, 2.75) is 32.7 Å². The molecule has 1 atom stereocenters. The fraction of sp³-hybridized carbons (Fsp3) is 0.467. The molecular weight excluding hydrogens is 194 g/mol. The van der Waals surface area contributed by atoms with E-state index >= 15 is 0 Å². The highest BCUT2D eigenvalue weighted by Gasteiger charge is 2.07. The fourth-order valence-electron chi connectivity index (χ4n) is 2.16. The molecule has 0 aromatic heterocycles. The van der Waals surface area contributed by atoms with Crippen LogP contribution in [0.5, 0.6) is 0 Å². The standard InChI is InChI=1S/C15H21N/c1-13-7-9-15(10-8-13)12-16-11-14-5-3-2-4-6-14/h3,5,7-10,14,16H,2,4,6,11-12H2,1H3. The van der Waals surface area contributed by atoms with Gasteiger partial charge < -0.3 is 5.32 Å². The molecule has 0 amide bonds. The van der Waals surface area contributed by atoms with Crippen LogP contribution in [0.4, 0.5) is 0 Å². The summed E-state index contributed by atoms with van der Waals surface area (Å²) in [5.41, 5.74) is 2.71. The van der Waals surface area contributed by atoms with Gasteiger partial charge in [-0.3, -0.25) is 0 Å². The molecule has 0 bridgehead atoms. The highest BCUT2D eigenvalue weighted by molar-refractivity contribution is 5.21. The Bertz CT molecular complexity index is 337. The molecule has 2 rings (SSSR count). The van der Waals surface area contributed by atoms with Crippen molar-refractivity contribution in [3.63, 3.8) is 0 Å². The molecule has 0 saturated carbocycles. The van der Waals surface area contributed by atoms with E-state index in [-0.39, 0.29) is 0 Å². The van der Waals surface area contributed by atoms with E-state index in [0.717, 1.165) is 19.0 Å². The molecule has 86 valence electrons. The molecule has 0 spiro atoms. The van der Waals surface area contributed by atoms with Gasteiger partial charge in [-0.25, -0.2) is 0 Å². The summed E-state index contributed by atoms with van der Waals surface area (Å²) in [6.45, 7) is 4.24. The maximum atomic E-state index is 3.54. The molecule has 1 N–H and O–H groups in total. The molecule has 1 aromatic carbocycles. The Labute approximate surface area is 98.6 Å². The van der Waals surface area contributed by atoms with Crippen molar-refractivity contribution in [2.24, 2.45) is 5.92 Å². The molecule has 1 unspecified atom stereocenters. The van der Waals surface area contributed by atoms with E-state index in [0.29, 0.717) is 0 Å². The molecule has 0 saturated heterocycles. The molecule has 16 heavy (non-hydrogen) atoms. The van der Waals surface area contributed by atoms with Gasteiger partial charge in [-0.1, -0.05) is 42.0 Å². The molecule has 0 fully saturated rings. The normalized spacial score (nSPS) is 19.9. The van der Waals surface area contributed by atoms with Crippen molar-refractivity contribution in [1.82, 2.24) is 5.32 Å². The van der Waals surface area contributed by atoms with Crippen LogP contribution < -0.4 is 5.32 Å². The zero-order chi connectivity index (χ0) is 11.2. The van der Waals surface area contributed by atoms with Crippen LogP contribution in [0, 0.1) is 12.8 Å². The van der Waals surface area contributed by atoms with Crippen LogP contribution in [-0.2, 0) is 6.54 Å². The van der Waals surface area contributed by atoms with Gasteiger partial charge in [0.2, 0.25) is 0 Å². The molecule has 1 aliphatic carbocycles. The van der Waals surface area contributed by atoms with Crippen LogP contribution in [0.1, 0.15) is 30.4 Å². The van der Waals surface area contributed by atoms with Crippen molar-refractivity contribution in [2.75, 3.05) is 6.54 Å². The van der Waals surface area contributed by atoms with Crippen LogP contribution in [0.2, 0.25) is 0 Å². The summed E-state index contributed by atoms with van der Waals surface area (Å²) in [5.74, 6) is 0.749. The maximum absolute atomic E-state index is 3.54. The van der Waals surface area contributed by atoms with Gasteiger partial charge in [-0.15, -0.1) is 0 Å². The summed E-state index contributed by atoms with van der Waals surface area (Å²) >= 11 is 0. The second-order valence-corrected chi connectivity index (χ2v) is 4.74. The lowest BCUT2D eigenvalue weighted by molar-refractivity contribution is 0.493. The van der Waals surface area contributed by atoms with Crippen LogP contribution in [-0.4, -0.2) is 6.54 Å². The Morgan fingerprint density at radius 2 is 2.06 bits per heavy atom. The number of nitrogens with one attached hydrogen (secondary N) is 1. The van der Waals surface area contributed by atoms with Crippen LogP contribution in [0.25, 0.3) is 0 Å². The van der Waals surface area contributed by atoms with E-state index < -0.39 is 0 Å². The van der Waals surface area contributed by atoms with Crippen molar-refractivity contribution < 1.29 is 0 Å². The third-order valence-corrected chi connectivity index (χ3v) is 3.21. The largest absolute Gasteiger partial charge is 0.312 e. The van der Waals surface area contributed by atoms with Crippen LogP contribution >= 0.6 is 0 Å². The summed E-state index contributed by atoms with van der Waals surface area (Å²) in [5, 5.41) is 3.54. The lowest BCUT2D eigenvalue weighted by Gasteiger charge is -2.16. The van der Waals surface area contributed by atoms with Gasteiger partial charge in [-0.05, 0) is 37.7 Å². The number of rotatable bonds is 4. The molecular formula is C15H21N. The fourth-order valence-corrected chi connectivity index (χ4v) is 2.16. The predicted molar refractivity (Wildman–Crippen MR) is 69.4 cm³/mol. The molecule has 1 aliphatic rings. The lowest BCUT2D eigenvalue weighted by Crippen LogP contribution is -2.22. The van der Waals surface area contributed by atoms with E-state index in [2.05, 4.69) is 48.7 Å². The molecule has 0 aliphatic heterocycles. The van der Waals surface area contributed by atoms with Gasteiger partial charge in [0.25, 0.3) is 0 Å². The summed E-state index contributed by atoms with van der Waals surface area (Å²) in [6, 6.07) is 8.77. The summed E-state index contributed by atoms with van der Waals surface area (Å²) in [6.07, 6.45) is 8.66. The Morgan fingerprint density at radius 3 is 2.75 bits per heavy atom. The van der Waals surface area contributed by atoms with Crippen molar-refractivity contribution in [3.8, 4) is 0 Å². The Balaban J connectivity index is 1.73. The first-order valence-corrected chi connectivity index (χ1v) is 6.27. The first kappa shape index (κ1) is 11.4. The van der Waals surface area contributed by atoms with Crippen LogP contribution in [0.15, 0.2) is 36.4 Å². The second-order valence-electron chi connectivity index (χ2n) is 4.74. The van der Waals surface area contributed by atoms with E-state index in [4.69, 9.17) is 0 Å². The lowest BCUT2D eigenvalue weighted by atomic mass is 9.96. The highest BCUT2D eigenvalue weighted by Crippen LogP contribution is 2.16. The van der Waals surface area contributed by atoms with Gasteiger partial charge in [0.15, 0.2) is 0 Å². The summed E-state index contributed by atoms with van der Waals surface area (Å²) in [4.78, 5) is 0. The number of allylic oxidation sites excluding steroid dienone is 1. The number of hydrogen-bond acceptors (Lipinski definition) is 1. The first-order chi connectivity index (χ1) is 7.84. The van der Waals surface area contributed by atoms with E-state index in [9.17, 15) is 0 Å². The Hall–Kier alpha value is -1.08. The third kappa shape index (κ3) is 3.49. The van der Waals surface area contributed by atoms with E-state index in [1.54, 1.807) is 0 Å². The minimum absolute atomic E-state index is 0.749. The number of benzene rings is 1. The third-order valence-electron chi connectivity index (χ3n) is 3.21. The minimum Gasteiger partial charge on any atom is -0.312 e. The van der Waals surface area contributed by atoms with Gasteiger partial charge >= 0.3 is 0 Å². The van der Waals surface area contributed by atoms with Gasteiger partial charge in [0.05, 0.1) is 0 Å². The molecule has 1 nitrogen and oxygen atoms in total. The highest BCUT2D eigenvalue weighted by atomic mass is 14.9. The molecule has 1 heteroatoms. The zero-order valence-corrected chi connectivity index (χ0v) is 10.1. The van der Waals surface area contributed by atoms with E-state index in [1.807, 2.05) is 0 Å². The number of aryl methyl sites for hydroxylation is 1. The Morgan fingerprint density at radius 1 is 1.25 bits per heavy atom. The smallest absolute Gasteiger partial charge is 0.0205 e. The topological polar surface area (TPSA) is 12.0 Å². The van der Waals surface area contributed by atoms with Crippen LogP contribution in [0.3, 0.4) is 0 Å². The minimum atomic E-state index is 0.749. The van der Waals surface area contributed by atoms with Crippen molar-refractivity contribution in [1.29, 1.82) is 0 Å². The molecule has 1 aromatic rings. The SMILES string of the molecule is Cc1ccc(CNCC2C=CCCC2)cc1. The quantitative estimate of drug-likeness (QED) is 0.759. The maximum Gasteiger partial charge on any atom is 0.0205 e. The van der Waals surface area contributed by atoms with E-state index in [1.165, 1.54) is 30.4 Å². The van der Waals surface area contributed by atoms with Crippen molar-refractivity contribution in [3.05, 3.63) is 47.5 Å². The van der Waals surface area contributed by atoms with Gasteiger partial charge in [-0.2, -0.15) is 0 Å².